The summed E-state index contributed by atoms with van der Waals surface area (Å²) in [5.74, 6) is 0. The van der Waals surface area contributed by atoms with Crippen LogP contribution in [0.1, 0.15) is 74.9 Å². The summed E-state index contributed by atoms with van der Waals surface area (Å²) >= 11 is 0. The van der Waals surface area contributed by atoms with Gasteiger partial charge in [0.25, 0.3) is 0 Å². The van der Waals surface area contributed by atoms with Gasteiger partial charge in [-0.05, 0) is 109 Å². The van der Waals surface area contributed by atoms with Crippen molar-refractivity contribution in [2.24, 2.45) is 0 Å². The molecule has 0 aliphatic heterocycles. The van der Waals surface area contributed by atoms with Crippen LogP contribution >= 0.6 is 0 Å². The minimum Gasteiger partial charge on any atom is -0.256 e. The molecule has 0 fully saturated rings. The highest BCUT2D eigenvalue weighted by Gasteiger charge is 2.29. The number of benzene rings is 6. The Balaban J connectivity index is 1.07. The van der Waals surface area contributed by atoms with E-state index in [0.29, 0.717) is 0 Å². The summed E-state index contributed by atoms with van der Waals surface area (Å²) in [7, 11) is 0. The first kappa shape index (κ1) is 44.0. The van der Waals surface area contributed by atoms with Crippen molar-refractivity contribution in [2.75, 3.05) is 0 Å². The summed E-state index contributed by atoms with van der Waals surface area (Å²) in [4.78, 5) is 15.0. The minimum atomic E-state index is -0.259. The molecule has 0 saturated carbocycles. The van der Waals surface area contributed by atoms with Gasteiger partial charge in [-0.3, -0.25) is 15.0 Å². The van der Waals surface area contributed by atoms with E-state index in [1.54, 1.807) is 0 Å². The fourth-order valence-corrected chi connectivity index (χ4v) is 9.60. The van der Waals surface area contributed by atoms with E-state index in [4.69, 9.17) is 15.0 Å². The van der Waals surface area contributed by atoms with Crippen molar-refractivity contribution in [1.82, 2.24) is 15.0 Å². The van der Waals surface area contributed by atoms with Crippen LogP contribution in [0.5, 0.6) is 0 Å². The monoisotopic (exact) mass is 857 g/mol. The fourth-order valence-electron chi connectivity index (χ4n) is 9.60. The van der Waals surface area contributed by atoms with Crippen LogP contribution < -0.4 is 0 Å². The Labute approximate surface area is 392 Å². The third-order valence-electron chi connectivity index (χ3n) is 13.3. The molecular weight excluding hydrogens is 799 g/mol. The Morgan fingerprint density at radius 1 is 0.303 bits per heavy atom. The number of hydrogen-bond acceptors (Lipinski definition) is 3. The van der Waals surface area contributed by atoms with Gasteiger partial charge in [-0.25, -0.2) is 0 Å². The molecule has 0 aliphatic carbocycles. The van der Waals surface area contributed by atoms with E-state index in [0.717, 1.165) is 53.0 Å². The standard InChI is InChI=1S/C63H59N3/c1-61(2,54-31-33-58(64-42-54)51-21-13-8-14-22-51)39-45-35-46(40-62(3,4)55-32-34-59(65-43-55)52-23-15-9-16-24-52)37-47(36-45)41-63(5,6)57-44-66-60(53-25-17-10-18-26-53)38-56(57)50-29-27-49(28-30-50)48-19-11-7-12-20-48/h7-38,42-44H,39-41H2,1-6H3. The van der Waals surface area contributed by atoms with E-state index in [-0.39, 0.29) is 16.2 Å². The molecule has 6 aromatic carbocycles. The molecule has 3 heteroatoms. The maximum Gasteiger partial charge on any atom is 0.0708 e. The minimum absolute atomic E-state index is 0.156. The highest BCUT2D eigenvalue weighted by atomic mass is 14.7. The van der Waals surface area contributed by atoms with Gasteiger partial charge in [-0.15, -0.1) is 0 Å². The van der Waals surface area contributed by atoms with E-state index in [9.17, 15) is 0 Å². The summed E-state index contributed by atoms with van der Waals surface area (Å²) in [6.45, 7) is 14.2. The van der Waals surface area contributed by atoms with Crippen LogP contribution in [0.15, 0.2) is 213 Å². The Morgan fingerprint density at radius 3 is 1.06 bits per heavy atom. The molecule has 3 nitrogen and oxygen atoms in total. The Bertz CT molecular complexity index is 2890. The number of pyridine rings is 3. The molecule has 3 aromatic heterocycles. The lowest BCUT2D eigenvalue weighted by molar-refractivity contribution is 0.506. The summed E-state index contributed by atoms with van der Waals surface area (Å²) in [5.41, 5.74) is 18.3. The Morgan fingerprint density at radius 2 is 0.652 bits per heavy atom. The largest absolute Gasteiger partial charge is 0.256 e. The maximum atomic E-state index is 5.15. The Hall–Kier alpha value is -7.23. The summed E-state index contributed by atoms with van der Waals surface area (Å²) in [6, 6.07) is 69.6. The van der Waals surface area contributed by atoms with Crippen LogP contribution in [-0.4, -0.2) is 15.0 Å². The quantitative estimate of drug-likeness (QED) is 0.109. The predicted octanol–water partition coefficient (Wildman–Crippen LogP) is 15.8. The van der Waals surface area contributed by atoms with Crippen molar-refractivity contribution in [2.45, 2.75) is 77.0 Å². The van der Waals surface area contributed by atoms with Crippen LogP contribution in [0, 0.1) is 0 Å². The second-order valence-electron chi connectivity index (χ2n) is 19.9. The summed E-state index contributed by atoms with van der Waals surface area (Å²) in [5, 5.41) is 0. The highest BCUT2D eigenvalue weighted by molar-refractivity contribution is 5.76. The molecule has 0 saturated heterocycles. The normalized spacial score (nSPS) is 12.0. The van der Waals surface area contributed by atoms with Gasteiger partial charge < -0.3 is 0 Å². The topological polar surface area (TPSA) is 38.7 Å². The number of hydrogen-bond donors (Lipinski definition) is 0. The van der Waals surface area contributed by atoms with Gasteiger partial charge in [0.2, 0.25) is 0 Å². The van der Waals surface area contributed by atoms with Crippen molar-refractivity contribution in [1.29, 1.82) is 0 Å². The predicted molar refractivity (Wildman–Crippen MR) is 277 cm³/mol. The number of rotatable bonds is 14. The van der Waals surface area contributed by atoms with Crippen LogP contribution in [0.2, 0.25) is 0 Å². The van der Waals surface area contributed by atoms with E-state index in [2.05, 4.69) is 242 Å². The van der Waals surface area contributed by atoms with Crippen LogP contribution in [-0.2, 0) is 35.5 Å². The molecule has 9 rings (SSSR count). The molecule has 66 heavy (non-hydrogen) atoms. The van der Waals surface area contributed by atoms with Crippen LogP contribution in [0.3, 0.4) is 0 Å². The van der Waals surface area contributed by atoms with E-state index in [1.165, 1.54) is 55.6 Å². The lowest BCUT2D eigenvalue weighted by Gasteiger charge is -2.31. The van der Waals surface area contributed by atoms with Gasteiger partial charge in [0.05, 0.1) is 17.1 Å². The fraction of sp³-hybridized carbons (Fsp3) is 0.190. The SMILES string of the molecule is CC(C)(Cc1cc(CC(C)(C)c2ccc(-c3ccccc3)nc2)cc(CC(C)(C)c2cnc(-c3ccccc3)cc2-c2ccc(-c3ccccc3)cc2)c1)c1ccc(-c2ccccc2)nc1. The summed E-state index contributed by atoms with van der Waals surface area (Å²) in [6.07, 6.45) is 8.88. The molecule has 0 radical (unpaired) electrons. The first-order chi connectivity index (χ1) is 31.9. The zero-order valence-electron chi connectivity index (χ0n) is 39.2. The second-order valence-corrected chi connectivity index (χ2v) is 19.9. The third kappa shape index (κ3) is 10.0. The highest BCUT2D eigenvalue weighted by Crippen LogP contribution is 2.40. The van der Waals surface area contributed by atoms with Crippen molar-refractivity contribution in [3.63, 3.8) is 0 Å². The molecule has 0 aliphatic rings. The zero-order valence-corrected chi connectivity index (χ0v) is 39.2. The average Bonchev–Trinajstić information content (AvgIpc) is 3.34. The van der Waals surface area contributed by atoms with E-state index < -0.39 is 0 Å². The lowest BCUT2D eigenvalue weighted by atomic mass is 9.74. The van der Waals surface area contributed by atoms with Crippen LogP contribution in [0.25, 0.3) is 56.0 Å². The molecule has 0 atom stereocenters. The van der Waals surface area contributed by atoms with Gasteiger partial charge >= 0.3 is 0 Å². The molecule has 0 N–H and O–H groups in total. The van der Waals surface area contributed by atoms with Gasteiger partial charge in [0.1, 0.15) is 0 Å². The number of aromatic nitrogens is 3. The molecule has 9 aromatic rings. The number of nitrogens with zero attached hydrogens (tertiary/aromatic N) is 3. The Kier molecular flexibility index (Phi) is 12.5. The third-order valence-corrected chi connectivity index (χ3v) is 13.3. The van der Waals surface area contributed by atoms with Gasteiger partial charge in [0, 0.05) is 35.3 Å². The van der Waals surface area contributed by atoms with E-state index >= 15 is 0 Å². The molecule has 0 amide bonds. The average molecular weight is 858 g/mol. The first-order valence-electron chi connectivity index (χ1n) is 23.3. The maximum absolute atomic E-state index is 5.15. The van der Waals surface area contributed by atoms with E-state index in [1.807, 2.05) is 12.1 Å². The summed E-state index contributed by atoms with van der Waals surface area (Å²) < 4.78 is 0. The molecule has 326 valence electrons. The lowest BCUT2D eigenvalue weighted by Crippen LogP contribution is -2.24. The first-order valence-corrected chi connectivity index (χ1v) is 23.3. The van der Waals surface area contributed by atoms with Gasteiger partial charge in [-0.2, -0.15) is 0 Å². The van der Waals surface area contributed by atoms with Crippen molar-refractivity contribution in [3.8, 4) is 56.0 Å². The smallest absolute Gasteiger partial charge is 0.0708 e. The van der Waals surface area contributed by atoms with Crippen molar-refractivity contribution >= 4 is 0 Å². The van der Waals surface area contributed by atoms with Gasteiger partial charge in [0.15, 0.2) is 0 Å². The molecule has 0 bridgehead atoms. The molecule has 3 heterocycles. The van der Waals surface area contributed by atoms with Crippen molar-refractivity contribution in [3.05, 3.63) is 246 Å². The molecule has 0 unspecified atom stereocenters. The second kappa shape index (κ2) is 18.7. The molecule has 0 spiro atoms. The molecular formula is C63H59N3. The van der Waals surface area contributed by atoms with Crippen LogP contribution in [0.4, 0.5) is 0 Å². The van der Waals surface area contributed by atoms with Gasteiger partial charge in [-0.1, -0.05) is 217 Å². The zero-order chi connectivity index (χ0) is 45.7. The van der Waals surface area contributed by atoms with Crippen molar-refractivity contribution < 1.29 is 0 Å².